The van der Waals surface area contributed by atoms with Crippen molar-refractivity contribution in [2.75, 3.05) is 6.54 Å². The SMILES string of the molecule is C#CCCC1(CCNC(=O)C(C)(C)C(N)c2ccccc2)N=N1. The first kappa shape index (κ1) is 17.2. The summed E-state index contributed by atoms with van der Waals surface area (Å²) in [6, 6.07) is 9.30. The Morgan fingerprint density at radius 1 is 1.35 bits per heavy atom. The summed E-state index contributed by atoms with van der Waals surface area (Å²) < 4.78 is 0. The Bertz CT molecular complexity index is 610. The Labute approximate surface area is 137 Å². The van der Waals surface area contributed by atoms with Gasteiger partial charge < -0.3 is 11.1 Å². The van der Waals surface area contributed by atoms with Crippen molar-refractivity contribution >= 4 is 5.91 Å². The van der Waals surface area contributed by atoms with Crippen LogP contribution in [0.3, 0.4) is 0 Å². The van der Waals surface area contributed by atoms with E-state index in [1.807, 2.05) is 44.2 Å². The van der Waals surface area contributed by atoms with Crippen LogP contribution >= 0.6 is 0 Å². The maximum atomic E-state index is 12.5. The first-order valence-electron chi connectivity index (χ1n) is 7.88. The molecule has 0 radical (unpaired) electrons. The number of carbonyl (C=O) groups is 1. The fourth-order valence-electron chi connectivity index (χ4n) is 2.49. The highest BCUT2D eigenvalue weighted by molar-refractivity contribution is 5.82. The molecular formula is C18H24N4O. The Morgan fingerprint density at radius 3 is 2.57 bits per heavy atom. The molecular weight excluding hydrogens is 288 g/mol. The third-order valence-corrected chi connectivity index (χ3v) is 4.38. The molecule has 1 heterocycles. The summed E-state index contributed by atoms with van der Waals surface area (Å²) in [5, 5.41) is 11.1. The van der Waals surface area contributed by atoms with Crippen molar-refractivity contribution in [3.63, 3.8) is 0 Å². The largest absolute Gasteiger partial charge is 0.355 e. The molecule has 0 aromatic heterocycles. The van der Waals surface area contributed by atoms with Gasteiger partial charge in [0.05, 0.1) is 5.41 Å². The first-order chi connectivity index (χ1) is 10.9. The van der Waals surface area contributed by atoms with Crippen LogP contribution in [0.2, 0.25) is 0 Å². The van der Waals surface area contributed by atoms with Gasteiger partial charge in [-0.1, -0.05) is 30.3 Å². The molecule has 0 spiro atoms. The normalized spacial score (nSPS) is 16.4. The van der Waals surface area contributed by atoms with Gasteiger partial charge in [0.15, 0.2) is 5.66 Å². The minimum atomic E-state index is -0.703. The minimum Gasteiger partial charge on any atom is -0.355 e. The number of hydrogen-bond acceptors (Lipinski definition) is 4. The molecule has 1 amide bonds. The van der Waals surface area contributed by atoms with Gasteiger partial charge in [-0.15, -0.1) is 12.3 Å². The van der Waals surface area contributed by atoms with E-state index < -0.39 is 5.41 Å². The van der Waals surface area contributed by atoms with Gasteiger partial charge in [-0.05, 0) is 19.4 Å². The van der Waals surface area contributed by atoms with Crippen molar-refractivity contribution in [3.05, 3.63) is 35.9 Å². The van der Waals surface area contributed by atoms with Crippen LogP contribution in [0.5, 0.6) is 0 Å². The van der Waals surface area contributed by atoms with Crippen molar-refractivity contribution in [1.82, 2.24) is 5.32 Å². The number of carbonyl (C=O) groups excluding carboxylic acids is 1. The van der Waals surface area contributed by atoms with E-state index in [1.54, 1.807) is 0 Å². The van der Waals surface area contributed by atoms with Crippen molar-refractivity contribution in [1.29, 1.82) is 0 Å². The minimum absolute atomic E-state index is 0.0680. The summed E-state index contributed by atoms with van der Waals surface area (Å²) >= 11 is 0. The van der Waals surface area contributed by atoms with Crippen LogP contribution in [-0.2, 0) is 4.79 Å². The lowest BCUT2D eigenvalue weighted by molar-refractivity contribution is -0.130. The molecule has 0 saturated carbocycles. The quantitative estimate of drug-likeness (QED) is 0.724. The van der Waals surface area contributed by atoms with Crippen LogP contribution in [0.4, 0.5) is 0 Å². The highest BCUT2D eigenvalue weighted by Gasteiger charge is 2.40. The van der Waals surface area contributed by atoms with Crippen molar-refractivity contribution in [3.8, 4) is 12.3 Å². The number of nitrogens with one attached hydrogen (secondary N) is 1. The summed E-state index contributed by atoms with van der Waals surface area (Å²) in [5.41, 5.74) is 6.17. The lowest BCUT2D eigenvalue weighted by Gasteiger charge is -2.30. The second-order valence-electron chi connectivity index (χ2n) is 6.50. The van der Waals surface area contributed by atoms with Gasteiger partial charge in [0, 0.05) is 31.8 Å². The molecule has 1 aromatic rings. The third kappa shape index (κ3) is 4.17. The molecule has 1 unspecified atom stereocenters. The van der Waals surface area contributed by atoms with E-state index in [-0.39, 0.29) is 17.6 Å². The average molecular weight is 312 g/mol. The highest BCUT2D eigenvalue weighted by atomic mass is 16.2. The molecule has 23 heavy (non-hydrogen) atoms. The number of nitrogens with two attached hydrogens (primary N) is 1. The van der Waals surface area contributed by atoms with Gasteiger partial charge in [-0.3, -0.25) is 4.79 Å². The Hall–Kier alpha value is -2.19. The maximum Gasteiger partial charge on any atom is 0.227 e. The van der Waals surface area contributed by atoms with Crippen LogP contribution in [0.15, 0.2) is 40.6 Å². The number of terminal acetylenes is 1. The van der Waals surface area contributed by atoms with E-state index in [2.05, 4.69) is 21.5 Å². The molecule has 1 aromatic carbocycles. The highest BCUT2D eigenvalue weighted by Crippen LogP contribution is 2.36. The van der Waals surface area contributed by atoms with Crippen molar-refractivity contribution in [2.24, 2.45) is 21.4 Å². The lowest BCUT2D eigenvalue weighted by atomic mass is 9.80. The monoisotopic (exact) mass is 312 g/mol. The summed E-state index contributed by atoms with van der Waals surface area (Å²) in [6.07, 6.45) is 7.33. The molecule has 5 heteroatoms. The topological polar surface area (TPSA) is 79.8 Å². The van der Waals surface area contributed by atoms with Gasteiger partial charge in [0.1, 0.15) is 0 Å². The van der Waals surface area contributed by atoms with Crippen LogP contribution in [0.1, 0.15) is 44.7 Å². The van der Waals surface area contributed by atoms with Crippen molar-refractivity contribution < 1.29 is 4.79 Å². The fraction of sp³-hybridized carbons (Fsp3) is 0.500. The van der Waals surface area contributed by atoms with E-state index in [0.29, 0.717) is 19.4 Å². The number of benzene rings is 1. The van der Waals surface area contributed by atoms with E-state index >= 15 is 0 Å². The second-order valence-corrected chi connectivity index (χ2v) is 6.50. The smallest absolute Gasteiger partial charge is 0.227 e. The summed E-state index contributed by atoms with van der Waals surface area (Å²) in [7, 11) is 0. The van der Waals surface area contributed by atoms with Crippen LogP contribution in [0, 0.1) is 17.8 Å². The number of amides is 1. The van der Waals surface area contributed by atoms with Crippen LogP contribution in [-0.4, -0.2) is 18.1 Å². The van der Waals surface area contributed by atoms with E-state index in [4.69, 9.17) is 12.2 Å². The van der Waals surface area contributed by atoms with E-state index in [0.717, 1.165) is 12.0 Å². The molecule has 0 aliphatic carbocycles. The Balaban J connectivity index is 1.86. The van der Waals surface area contributed by atoms with Gasteiger partial charge >= 0.3 is 0 Å². The number of rotatable bonds is 8. The molecule has 0 fully saturated rings. The zero-order valence-electron chi connectivity index (χ0n) is 13.7. The molecule has 0 bridgehead atoms. The Morgan fingerprint density at radius 2 is 2.00 bits per heavy atom. The zero-order chi connectivity index (χ0) is 16.9. The molecule has 1 aliphatic heterocycles. The van der Waals surface area contributed by atoms with Crippen LogP contribution in [0.25, 0.3) is 0 Å². The molecule has 3 N–H and O–H groups in total. The fourth-order valence-corrected chi connectivity index (χ4v) is 2.49. The number of hydrogen-bond donors (Lipinski definition) is 2. The van der Waals surface area contributed by atoms with Gasteiger partial charge in [-0.25, -0.2) is 0 Å². The summed E-state index contributed by atoms with van der Waals surface area (Å²) in [5.74, 6) is 2.53. The maximum absolute atomic E-state index is 12.5. The molecule has 1 aliphatic rings. The van der Waals surface area contributed by atoms with Crippen LogP contribution < -0.4 is 11.1 Å². The van der Waals surface area contributed by atoms with E-state index in [9.17, 15) is 4.79 Å². The van der Waals surface area contributed by atoms with Crippen molar-refractivity contribution in [2.45, 2.75) is 44.8 Å². The van der Waals surface area contributed by atoms with Gasteiger partial charge in [-0.2, -0.15) is 10.2 Å². The molecule has 0 saturated heterocycles. The predicted octanol–water partition coefficient (Wildman–Crippen LogP) is 2.79. The van der Waals surface area contributed by atoms with Gasteiger partial charge in [0.2, 0.25) is 5.91 Å². The predicted molar refractivity (Wildman–Crippen MR) is 90.4 cm³/mol. The first-order valence-corrected chi connectivity index (χ1v) is 7.88. The standard InChI is InChI=1S/C18H24N4O/c1-4-5-11-18(21-22-18)12-13-20-16(23)17(2,3)15(19)14-9-7-6-8-10-14/h1,6-10,15H,5,11-13,19H2,2-3H3,(H,20,23). The summed E-state index contributed by atoms with van der Waals surface area (Å²) in [6.45, 7) is 4.24. The molecule has 2 rings (SSSR count). The van der Waals surface area contributed by atoms with Gasteiger partial charge in [0.25, 0.3) is 0 Å². The number of nitrogens with zero attached hydrogens (tertiary/aromatic N) is 2. The molecule has 122 valence electrons. The summed E-state index contributed by atoms with van der Waals surface area (Å²) in [4.78, 5) is 12.5. The van der Waals surface area contributed by atoms with E-state index in [1.165, 1.54) is 0 Å². The Kier molecular flexibility index (Phi) is 5.17. The molecule has 5 nitrogen and oxygen atoms in total. The third-order valence-electron chi connectivity index (χ3n) is 4.38. The molecule has 1 atom stereocenters. The lowest BCUT2D eigenvalue weighted by Crippen LogP contribution is -2.44. The average Bonchev–Trinajstić information content (AvgIpc) is 3.33. The second kappa shape index (κ2) is 6.93. The zero-order valence-corrected chi connectivity index (χ0v) is 13.7.